The molecule has 2 nitrogen and oxygen atoms in total. The molecule has 0 aliphatic heterocycles. The standard InChI is InChI=1S/C14H14O2/c1-9-8-13(15)16-14-11(9)7-6-10-4-2-3-5-12(10)14/h3,5,7-8,10H,2,4,6H2,1H3. The Balaban J connectivity index is 2.46. The molecule has 1 atom stereocenters. The number of hydrogen-bond acceptors (Lipinski definition) is 2. The highest BCUT2D eigenvalue weighted by Crippen LogP contribution is 2.28. The van der Waals surface area contributed by atoms with Crippen LogP contribution in [0.4, 0.5) is 0 Å². The van der Waals surface area contributed by atoms with Crippen LogP contribution in [0.25, 0.3) is 11.6 Å². The van der Waals surface area contributed by atoms with Crippen molar-refractivity contribution >= 4 is 11.6 Å². The van der Waals surface area contributed by atoms with Crippen molar-refractivity contribution in [1.82, 2.24) is 0 Å². The van der Waals surface area contributed by atoms with Crippen LogP contribution in [0.5, 0.6) is 0 Å². The normalized spacial score (nSPS) is 22.3. The third-order valence-corrected chi connectivity index (χ3v) is 3.49. The molecule has 0 fully saturated rings. The quantitative estimate of drug-likeness (QED) is 0.650. The van der Waals surface area contributed by atoms with Crippen LogP contribution >= 0.6 is 0 Å². The predicted octanol–water partition coefficient (Wildman–Crippen LogP) is 1.25. The summed E-state index contributed by atoms with van der Waals surface area (Å²) in [7, 11) is 0. The van der Waals surface area contributed by atoms with E-state index in [2.05, 4.69) is 18.2 Å². The molecule has 1 aromatic heterocycles. The molecule has 0 radical (unpaired) electrons. The molecule has 1 aromatic rings. The maximum absolute atomic E-state index is 11.4. The first-order chi connectivity index (χ1) is 7.75. The van der Waals surface area contributed by atoms with Crippen LogP contribution in [-0.2, 0) is 0 Å². The summed E-state index contributed by atoms with van der Waals surface area (Å²) in [5, 5.41) is 1.11. The van der Waals surface area contributed by atoms with E-state index in [0.29, 0.717) is 5.92 Å². The van der Waals surface area contributed by atoms with Crippen molar-refractivity contribution < 1.29 is 4.42 Å². The topological polar surface area (TPSA) is 30.2 Å². The lowest BCUT2D eigenvalue weighted by Crippen LogP contribution is -2.37. The summed E-state index contributed by atoms with van der Waals surface area (Å²) in [4.78, 5) is 11.4. The van der Waals surface area contributed by atoms with Gasteiger partial charge in [0.05, 0.1) is 0 Å². The maximum Gasteiger partial charge on any atom is 0.336 e. The van der Waals surface area contributed by atoms with Gasteiger partial charge in [-0.15, -0.1) is 0 Å². The van der Waals surface area contributed by atoms with Gasteiger partial charge < -0.3 is 4.42 Å². The molecular formula is C14H14O2. The summed E-state index contributed by atoms with van der Waals surface area (Å²) in [5.41, 5.74) is 2.80. The van der Waals surface area contributed by atoms with E-state index in [1.807, 2.05) is 6.92 Å². The molecule has 2 aliphatic rings. The van der Waals surface area contributed by atoms with Crippen molar-refractivity contribution in [3.05, 3.63) is 44.8 Å². The van der Waals surface area contributed by atoms with Gasteiger partial charge in [0.15, 0.2) is 0 Å². The van der Waals surface area contributed by atoms with Gasteiger partial charge in [0.2, 0.25) is 0 Å². The van der Waals surface area contributed by atoms with Crippen LogP contribution in [0.2, 0.25) is 0 Å². The smallest absolute Gasteiger partial charge is 0.336 e. The van der Waals surface area contributed by atoms with E-state index in [0.717, 1.165) is 29.0 Å². The molecular weight excluding hydrogens is 200 g/mol. The van der Waals surface area contributed by atoms with Crippen LogP contribution < -0.4 is 16.3 Å². The van der Waals surface area contributed by atoms with Crippen LogP contribution in [-0.4, -0.2) is 0 Å². The highest BCUT2D eigenvalue weighted by atomic mass is 16.4. The monoisotopic (exact) mass is 214 g/mol. The summed E-state index contributed by atoms with van der Waals surface area (Å²) >= 11 is 0. The summed E-state index contributed by atoms with van der Waals surface area (Å²) in [6, 6.07) is 1.57. The number of rotatable bonds is 0. The molecule has 3 rings (SSSR count). The number of allylic oxidation sites excluding steroid dienone is 2. The molecule has 0 saturated carbocycles. The van der Waals surface area contributed by atoms with Crippen molar-refractivity contribution in [3.63, 3.8) is 0 Å². The molecule has 2 aliphatic carbocycles. The Kier molecular flexibility index (Phi) is 2.10. The van der Waals surface area contributed by atoms with Gasteiger partial charge in [-0.1, -0.05) is 18.2 Å². The minimum atomic E-state index is -0.239. The molecule has 16 heavy (non-hydrogen) atoms. The summed E-state index contributed by atoms with van der Waals surface area (Å²) in [6.07, 6.45) is 9.88. The molecule has 0 N–H and O–H groups in total. The van der Waals surface area contributed by atoms with Crippen molar-refractivity contribution in [2.24, 2.45) is 5.92 Å². The van der Waals surface area contributed by atoms with Crippen LogP contribution in [0.3, 0.4) is 0 Å². The molecule has 0 spiro atoms. The van der Waals surface area contributed by atoms with E-state index >= 15 is 0 Å². The van der Waals surface area contributed by atoms with Crippen LogP contribution in [0.15, 0.2) is 27.4 Å². The van der Waals surface area contributed by atoms with Crippen molar-refractivity contribution in [2.75, 3.05) is 0 Å². The molecule has 1 heterocycles. The second kappa shape index (κ2) is 3.48. The van der Waals surface area contributed by atoms with E-state index in [9.17, 15) is 4.79 Å². The SMILES string of the molecule is Cc1cc(=O)oc2c1=CCC1CCC=CC=21. The summed E-state index contributed by atoms with van der Waals surface area (Å²) in [6.45, 7) is 1.97. The highest BCUT2D eigenvalue weighted by molar-refractivity contribution is 5.62. The molecule has 0 bridgehead atoms. The van der Waals surface area contributed by atoms with Gasteiger partial charge in [0.25, 0.3) is 0 Å². The highest BCUT2D eigenvalue weighted by Gasteiger charge is 2.20. The second-order valence-corrected chi connectivity index (χ2v) is 4.56. The zero-order valence-electron chi connectivity index (χ0n) is 9.32. The van der Waals surface area contributed by atoms with Crippen molar-refractivity contribution in [3.8, 4) is 0 Å². The van der Waals surface area contributed by atoms with E-state index in [-0.39, 0.29) is 5.63 Å². The van der Waals surface area contributed by atoms with Crippen molar-refractivity contribution in [1.29, 1.82) is 0 Å². The minimum Gasteiger partial charge on any atom is -0.422 e. The van der Waals surface area contributed by atoms with Gasteiger partial charge in [-0.2, -0.15) is 0 Å². The first kappa shape index (κ1) is 9.64. The Morgan fingerprint density at radius 3 is 3.19 bits per heavy atom. The Morgan fingerprint density at radius 2 is 2.31 bits per heavy atom. The largest absolute Gasteiger partial charge is 0.422 e. The third-order valence-electron chi connectivity index (χ3n) is 3.49. The van der Waals surface area contributed by atoms with Gasteiger partial charge in [0.1, 0.15) is 5.42 Å². The Morgan fingerprint density at radius 1 is 1.44 bits per heavy atom. The van der Waals surface area contributed by atoms with Gasteiger partial charge >= 0.3 is 5.63 Å². The fourth-order valence-corrected chi connectivity index (χ4v) is 2.65. The van der Waals surface area contributed by atoms with Gasteiger partial charge in [-0.25, -0.2) is 4.79 Å². The fourth-order valence-electron chi connectivity index (χ4n) is 2.65. The maximum atomic E-state index is 11.4. The minimum absolute atomic E-state index is 0.239. The lowest BCUT2D eigenvalue weighted by atomic mass is 9.83. The third kappa shape index (κ3) is 1.37. The molecule has 1 unspecified atom stereocenters. The first-order valence-corrected chi connectivity index (χ1v) is 5.77. The molecule has 0 saturated heterocycles. The average molecular weight is 214 g/mol. The molecule has 82 valence electrons. The van der Waals surface area contributed by atoms with Gasteiger partial charge in [-0.05, 0) is 43.2 Å². The van der Waals surface area contributed by atoms with Crippen LogP contribution in [0, 0.1) is 12.8 Å². The molecule has 2 heteroatoms. The summed E-state index contributed by atoms with van der Waals surface area (Å²) < 4.78 is 5.37. The second-order valence-electron chi connectivity index (χ2n) is 4.56. The number of fused-ring (bicyclic) bond motifs is 2. The number of aryl methyl sites for hydroxylation is 1. The summed E-state index contributed by atoms with van der Waals surface area (Å²) in [5.74, 6) is 0.544. The van der Waals surface area contributed by atoms with E-state index in [1.165, 1.54) is 12.0 Å². The average Bonchev–Trinajstić information content (AvgIpc) is 2.28. The zero-order chi connectivity index (χ0) is 11.1. The molecule has 0 aromatic carbocycles. The van der Waals surface area contributed by atoms with E-state index in [1.54, 1.807) is 6.07 Å². The Hall–Kier alpha value is -1.57. The Labute approximate surface area is 93.6 Å². The number of hydrogen-bond donors (Lipinski definition) is 0. The van der Waals surface area contributed by atoms with E-state index in [4.69, 9.17) is 4.42 Å². The van der Waals surface area contributed by atoms with Crippen molar-refractivity contribution in [2.45, 2.75) is 26.2 Å². The lowest BCUT2D eigenvalue weighted by molar-refractivity contribution is 0.456. The Bertz CT molecular complexity index is 632. The molecule has 0 amide bonds. The lowest BCUT2D eigenvalue weighted by Gasteiger charge is -2.22. The predicted molar refractivity (Wildman–Crippen MR) is 63.3 cm³/mol. The first-order valence-electron chi connectivity index (χ1n) is 5.77. The fraction of sp³-hybridized carbons (Fsp3) is 0.357. The van der Waals surface area contributed by atoms with Gasteiger partial charge in [0, 0.05) is 11.3 Å². The zero-order valence-corrected chi connectivity index (χ0v) is 9.32. The van der Waals surface area contributed by atoms with E-state index < -0.39 is 0 Å². The van der Waals surface area contributed by atoms with Crippen LogP contribution in [0.1, 0.15) is 24.8 Å². The van der Waals surface area contributed by atoms with Gasteiger partial charge in [-0.3, -0.25) is 0 Å².